The zero-order valence-corrected chi connectivity index (χ0v) is 9.69. The fourth-order valence-corrected chi connectivity index (χ4v) is 2.11. The molecule has 1 aliphatic heterocycles. The molecule has 0 spiro atoms. The highest BCUT2D eigenvalue weighted by Crippen LogP contribution is 2.28. The molecular weight excluding hydrogens is 218 g/mol. The van der Waals surface area contributed by atoms with Gasteiger partial charge in [0, 0.05) is 18.0 Å². The third-order valence-corrected chi connectivity index (χ3v) is 3.07. The van der Waals surface area contributed by atoms with E-state index >= 15 is 0 Å². The molecular formula is C13H15NO3. The van der Waals surface area contributed by atoms with Crippen LogP contribution in [0.25, 0.3) is 0 Å². The van der Waals surface area contributed by atoms with Gasteiger partial charge in [0.25, 0.3) is 0 Å². The van der Waals surface area contributed by atoms with E-state index in [4.69, 9.17) is 5.11 Å². The van der Waals surface area contributed by atoms with Gasteiger partial charge in [0.05, 0.1) is 0 Å². The van der Waals surface area contributed by atoms with E-state index in [1.54, 1.807) is 0 Å². The van der Waals surface area contributed by atoms with Crippen LogP contribution in [0.4, 0.5) is 5.69 Å². The second-order valence-electron chi connectivity index (χ2n) is 4.48. The molecule has 1 aromatic carbocycles. The van der Waals surface area contributed by atoms with Crippen LogP contribution in [0, 0.1) is 12.8 Å². The van der Waals surface area contributed by atoms with Crippen molar-refractivity contribution in [2.45, 2.75) is 26.2 Å². The third-order valence-electron chi connectivity index (χ3n) is 3.07. The lowest BCUT2D eigenvalue weighted by molar-refractivity contribution is -0.137. The molecule has 0 radical (unpaired) electrons. The first kappa shape index (κ1) is 11.6. The molecule has 0 saturated heterocycles. The van der Waals surface area contributed by atoms with Crippen LogP contribution in [-0.4, -0.2) is 17.0 Å². The van der Waals surface area contributed by atoms with Gasteiger partial charge in [-0.05, 0) is 37.0 Å². The van der Waals surface area contributed by atoms with E-state index in [0.717, 1.165) is 16.8 Å². The smallest absolute Gasteiger partial charge is 0.303 e. The van der Waals surface area contributed by atoms with E-state index in [1.807, 2.05) is 25.1 Å². The molecule has 1 heterocycles. The minimum Gasteiger partial charge on any atom is -0.481 e. The number of carbonyl (C=O) groups excluding carboxylic acids is 1. The van der Waals surface area contributed by atoms with E-state index < -0.39 is 5.97 Å². The predicted octanol–water partition coefficient (Wildman–Crippen LogP) is 1.97. The first-order valence-corrected chi connectivity index (χ1v) is 5.68. The van der Waals surface area contributed by atoms with Gasteiger partial charge < -0.3 is 10.4 Å². The molecule has 0 bridgehead atoms. The molecule has 1 amide bonds. The first-order valence-electron chi connectivity index (χ1n) is 5.68. The Bertz CT molecular complexity index is 468. The Morgan fingerprint density at radius 2 is 2.29 bits per heavy atom. The highest BCUT2D eigenvalue weighted by Gasteiger charge is 2.26. The summed E-state index contributed by atoms with van der Waals surface area (Å²) in [4.78, 5) is 22.3. The van der Waals surface area contributed by atoms with Crippen molar-refractivity contribution in [3.05, 3.63) is 29.3 Å². The molecule has 1 atom stereocenters. The van der Waals surface area contributed by atoms with Crippen molar-refractivity contribution < 1.29 is 14.7 Å². The van der Waals surface area contributed by atoms with Gasteiger partial charge in [-0.3, -0.25) is 9.59 Å². The third kappa shape index (κ3) is 2.64. The number of anilines is 1. The molecule has 0 saturated carbocycles. The number of fused-ring (bicyclic) bond motifs is 1. The zero-order chi connectivity index (χ0) is 12.4. The van der Waals surface area contributed by atoms with Gasteiger partial charge in [0.15, 0.2) is 0 Å². The monoisotopic (exact) mass is 233 g/mol. The van der Waals surface area contributed by atoms with Crippen LogP contribution in [-0.2, 0) is 16.0 Å². The number of aliphatic carboxylic acids is 1. The lowest BCUT2D eigenvalue weighted by atomic mass is 9.89. The van der Waals surface area contributed by atoms with Crippen molar-refractivity contribution in [1.29, 1.82) is 0 Å². The number of carboxylic acid groups (broad SMARTS) is 1. The molecule has 2 rings (SSSR count). The molecule has 1 aliphatic rings. The predicted molar refractivity (Wildman–Crippen MR) is 63.9 cm³/mol. The maximum absolute atomic E-state index is 11.8. The summed E-state index contributed by atoms with van der Waals surface area (Å²) in [6.45, 7) is 1.98. The number of benzene rings is 1. The molecule has 0 aromatic heterocycles. The molecule has 4 nitrogen and oxygen atoms in total. The average Bonchev–Trinajstić information content (AvgIpc) is 2.26. The first-order chi connectivity index (χ1) is 8.06. The normalized spacial score (nSPS) is 18.4. The van der Waals surface area contributed by atoms with Crippen molar-refractivity contribution >= 4 is 17.6 Å². The number of aryl methyl sites for hydroxylation is 1. The highest BCUT2D eigenvalue weighted by atomic mass is 16.4. The number of nitrogens with one attached hydrogen (secondary N) is 1. The fraction of sp³-hybridized carbons (Fsp3) is 0.385. The van der Waals surface area contributed by atoms with Crippen LogP contribution in [0.2, 0.25) is 0 Å². The minimum atomic E-state index is -0.854. The van der Waals surface area contributed by atoms with Gasteiger partial charge in [-0.1, -0.05) is 12.1 Å². The lowest BCUT2D eigenvalue weighted by Gasteiger charge is -2.24. The van der Waals surface area contributed by atoms with E-state index in [2.05, 4.69) is 5.32 Å². The summed E-state index contributed by atoms with van der Waals surface area (Å²) in [7, 11) is 0. The van der Waals surface area contributed by atoms with Crippen LogP contribution < -0.4 is 5.32 Å². The van der Waals surface area contributed by atoms with Crippen LogP contribution in [0.15, 0.2) is 18.2 Å². The average molecular weight is 233 g/mol. The number of hydrogen-bond donors (Lipinski definition) is 2. The molecule has 2 N–H and O–H groups in total. The van der Waals surface area contributed by atoms with E-state index in [-0.39, 0.29) is 18.2 Å². The molecule has 0 fully saturated rings. The number of rotatable bonds is 3. The van der Waals surface area contributed by atoms with Crippen LogP contribution in [0.5, 0.6) is 0 Å². The number of carbonyl (C=O) groups is 2. The maximum atomic E-state index is 11.8. The molecule has 17 heavy (non-hydrogen) atoms. The summed E-state index contributed by atoms with van der Waals surface area (Å²) in [6, 6.07) is 5.95. The Morgan fingerprint density at radius 1 is 1.53 bits per heavy atom. The standard InChI is InChI=1S/C13H15NO3/c1-8-2-3-9-7-10(4-5-12(15)16)13(17)14-11(9)6-8/h2-3,6,10H,4-5,7H2,1H3,(H,14,17)(H,15,16). The zero-order valence-electron chi connectivity index (χ0n) is 9.69. The van der Waals surface area contributed by atoms with Gasteiger partial charge >= 0.3 is 5.97 Å². The van der Waals surface area contributed by atoms with Crippen molar-refractivity contribution in [2.75, 3.05) is 5.32 Å². The Kier molecular flexibility index (Phi) is 3.13. The maximum Gasteiger partial charge on any atom is 0.303 e. The lowest BCUT2D eigenvalue weighted by Crippen LogP contribution is -2.30. The molecule has 1 aromatic rings. The van der Waals surface area contributed by atoms with Gasteiger partial charge in [0.2, 0.25) is 5.91 Å². The Morgan fingerprint density at radius 3 is 3.00 bits per heavy atom. The summed E-state index contributed by atoms with van der Waals surface area (Å²) in [6.07, 6.45) is 1.07. The summed E-state index contributed by atoms with van der Waals surface area (Å²) in [5, 5.41) is 11.5. The summed E-state index contributed by atoms with van der Waals surface area (Å²) < 4.78 is 0. The molecule has 90 valence electrons. The largest absolute Gasteiger partial charge is 0.481 e. The van der Waals surface area contributed by atoms with Crippen molar-refractivity contribution in [2.24, 2.45) is 5.92 Å². The van der Waals surface area contributed by atoms with Gasteiger partial charge in [-0.2, -0.15) is 0 Å². The van der Waals surface area contributed by atoms with Crippen molar-refractivity contribution in [3.63, 3.8) is 0 Å². The van der Waals surface area contributed by atoms with Crippen molar-refractivity contribution in [3.8, 4) is 0 Å². The topological polar surface area (TPSA) is 66.4 Å². The van der Waals surface area contributed by atoms with Gasteiger partial charge in [0.1, 0.15) is 0 Å². The summed E-state index contributed by atoms with van der Waals surface area (Å²) in [5.41, 5.74) is 3.06. The number of carboxylic acids is 1. The second kappa shape index (κ2) is 4.57. The van der Waals surface area contributed by atoms with Crippen LogP contribution in [0.3, 0.4) is 0 Å². The van der Waals surface area contributed by atoms with Crippen LogP contribution in [0.1, 0.15) is 24.0 Å². The Hall–Kier alpha value is -1.84. The second-order valence-corrected chi connectivity index (χ2v) is 4.48. The van der Waals surface area contributed by atoms with E-state index in [0.29, 0.717) is 12.8 Å². The Labute approximate surface area is 99.6 Å². The molecule has 4 heteroatoms. The molecule has 0 aliphatic carbocycles. The SMILES string of the molecule is Cc1ccc2c(c1)NC(=O)C(CCC(=O)O)C2. The number of amides is 1. The Balaban J connectivity index is 2.13. The van der Waals surface area contributed by atoms with Crippen molar-refractivity contribution in [1.82, 2.24) is 0 Å². The minimum absolute atomic E-state index is 0.0410. The quantitative estimate of drug-likeness (QED) is 0.838. The summed E-state index contributed by atoms with van der Waals surface area (Å²) >= 11 is 0. The van der Waals surface area contributed by atoms with Gasteiger partial charge in [-0.15, -0.1) is 0 Å². The highest BCUT2D eigenvalue weighted by molar-refractivity contribution is 5.96. The van der Waals surface area contributed by atoms with E-state index in [1.165, 1.54) is 0 Å². The fourth-order valence-electron chi connectivity index (χ4n) is 2.11. The van der Waals surface area contributed by atoms with Gasteiger partial charge in [-0.25, -0.2) is 0 Å². The van der Waals surface area contributed by atoms with E-state index in [9.17, 15) is 9.59 Å². The number of hydrogen-bond acceptors (Lipinski definition) is 2. The summed E-state index contributed by atoms with van der Waals surface area (Å²) in [5.74, 6) is -1.14. The molecule has 1 unspecified atom stereocenters. The van der Waals surface area contributed by atoms with Crippen LogP contribution >= 0.6 is 0 Å².